The average molecular weight is 430 g/mol. The summed E-state index contributed by atoms with van der Waals surface area (Å²) in [5, 5.41) is 8.33. The van der Waals surface area contributed by atoms with E-state index in [-0.39, 0.29) is 23.9 Å². The molecule has 2 N–H and O–H groups in total. The summed E-state index contributed by atoms with van der Waals surface area (Å²) < 4.78 is 34.0. The predicted octanol–water partition coefficient (Wildman–Crippen LogP) is 2.11. The molecule has 0 saturated heterocycles. The molecule has 1 amide bonds. The molecule has 9 nitrogen and oxygen atoms in total. The molecular weight excluding hydrogens is 406 g/mol. The molecule has 0 bridgehead atoms. The van der Waals surface area contributed by atoms with Crippen LogP contribution in [-0.2, 0) is 27.9 Å². The molecule has 10 heteroatoms. The first kappa shape index (κ1) is 21.5. The number of furan rings is 1. The van der Waals surface area contributed by atoms with Gasteiger partial charge in [0.25, 0.3) is 5.91 Å². The molecule has 3 rings (SSSR count). The van der Waals surface area contributed by atoms with E-state index in [1.54, 1.807) is 35.9 Å². The molecule has 2 heterocycles. The van der Waals surface area contributed by atoms with Gasteiger partial charge in [0, 0.05) is 5.69 Å². The van der Waals surface area contributed by atoms with Crippen molar-refractivity contribution in [3.63, 3.8) is 0 Å². The summed E-state index contributed by atoms with van der Waals surface area (Å²) in [5.74, 6) is 0.219. The second kappa shape index (κ2) is 9.06. The second-order valence-electron chi connectivity index (χ2n) is 6.75. The van der Waals surface area contributed by atoms with Crippen LogP contribution in [0, 0.1) is 13.8 Å². The summed E-state index contributed by atoms with van der Waals surface area (Å²) in [7, 11) is -3.67. The van der Waals surface area contributed by atoms with Crippen LogP contribution in [0.5, 0.6) is 0 Å². The number of sulfonamides is 1. The summed E-state index contributed by atoms with van der Waals surface area (Å²) in [5.41, 5.74) is 5.46. The number of carbonyl (C=O) groups excluding carboxylic acids is 1. The third-order valence-corrected chi connectivity index (χ3v) is 5.76. The predicted molar refractivity (Wildman–Crippen MR) is 111 cm³/mol. The van der Waals surface area contributed by atoms with E-state index in [2.05, 4.69) is 20.3 Å². The van der Waals surface area contributed by atoms with Crippen molar-refractivity contribution in [3.8, 4) is 0 Å². The Morgan fingerprint density at radius 2 is 1.93 bits per heavy atom. The molecule has 3 aromatic rings. The Bertz CT molecular complexity index is 1150. The van der Waals surface area contributed by atoms with Crippen LogP contribution in [0.25, 0.3) is 0 Å². The molecule has 0 fully saturated rings. The topological polar surface area (TPSA) is 119 Å². The maximum absolute atomic E-state index is 12.4. The Kier molecular flexibility index (Phi) is 6.48. The molecule has 0 radical (unpaired) electrons. The van der Waals surface area contributed by atoms with Crippen LogP contribution in [0.4, 0.5) is 0 Å². The average Bonchev–Trinajstić information content (AvgIpc) is 3.34. The molecule has 0 aliphatic heterocycles. The van der Waals surface area contributed by atoms with Gasteiger partial charge in [-0.2, -0.15) is 10.2 Å². The first-order valence-corrected chi connectivity index (χ1v) is 10.7. The number of hydrogen-bond acceptors (Lipinski definition) is 6. The Balaban J connectivity index is 1.60. The van der Waals surface area contributed by atoms with Crippen molar-refractivity contribution >= 4 is 21.6 Å². The molecule has 2 aromatic heterocycles. The van der Waals surface area contributed by atoms with E-state index in [1.165, 1.54) is 18.4 Å². The first-order chi connectivity index (χ1) is 14.2. The molecule has 0 atom stereocenters. The molecule has 0 unspecified atom stereocenters. The Morgan fingerprint density at radius 3 is 2.53 bits per heavy atom. The van der Waals surface area contributed by atoms with Crippen molar-refractivity contribution in [2.75, 3.05) is 0 Å². The zero-order chi connectivity index (χ0) is 21.7. The fraction of sp³-hybridized carbons (Fsp3) is 0.250. The summed E-state index contributed by atoms with van der Waals surface area (Å²) in [6, 6.07) is 11.5. The maximum atomic E-state index is 12.4. The van der Waals surface area contributed by atoms with E-state index in [1.807, 2.05) is 19.9 Å². The minimum atomic E-state index is -3.67. The van der Waals surface area contributed by atoms with Gasteiger partial charge in [-0.05, 0) is 56.7 Å². The number of hydrogen-bond donors (Lipinski definition) is 2. The van der Waals surface area contributed by atoms with Crippen molar-refractivity contribution < 1.29 is 17.6 Å². The van der Waals surface area contributed by atoms with Crippen molar-refractivity contribution in [1.29, 1.82) is 0 Å². The Morgan fingerprint density at radius 1 is 1.20 bits per heavy atom. The molecule has 1 aromatic carbocycles. The van der Waals surface area contributed by atoms with Gasteiger partial charge in [0.1, 0.15) is 12.3 Å². The highest BCUT2D eigenvalue weighted by Gasteiger charge is 2.14. The second-order valence-corrected chi connectivity index (χ2v) is 8.51. The standard InChI is InChI=1S/C20H23N5O4S/c1-14-11-15(2)25(24-14)13-20(26)23-22-16(3)17-6-8-19(9-7-17)30(27,28)21-12-18-5-4-10-29-18/h4-11,21H,12-13H2,1-3H3,(H,23,26)/b22-16+. The fourth-order valence-electron chi connectivity index (χ4n) is 2.76. The zero-order valence-electron chi connectivity index (χ0n) is 16.9. The number of carbonyl (C=O) groups is 1. The highest BCUT2D eigenvalue weighted by Crippen LogP contribution is 2.12. The molecule has 30 heavy (non-hydrogen) atoms. The van der Waals surface area contributed by atoms with Crippen LogP contribution in [0.3, 0.4) is 0 Å². The van der Waals surface area contributed by atoms with Gasteiger partial charge in [-0.3, -0.25) is 9.48 Å². The molecule has 158 valence electrons. The quantitative estimate of drug-likeness (QED) is 0.420. The fourth-order valence-corrected chi connectivity index (χ4v) is 3.75. The molecule has 0 saturated carbocycles. The normalized spacial score (nSPS) is 12.2. The Labute approximate surface area is 174 Å². The van der Waals surface area contributed by atoms with E-state index in [9.17, 15) is 13.2 Å². The number of aromatic nitrogens is 2. The number of aryl methyl sites for hydroxylation is 2. The van der Waals surface area contributed by atoms with Crippen molar-refractivity contribution in [3.05, 3.63) is 71.4 Å². The monoisotopic (exact) mass is 429 g/mol. The van der Waals surface area contributed by atoms with Gasteiger partial charge in [0.05, 0.1) is 29.1 Å². The van der Waals surface area contributed by atoms with Gasteiger partial charge in [-0.1, -0.05) is 12.1 Å². The van der Waals surface area contributed by atoms with Crippen LogP contribution in [0.1, 0.15) is 29.6 Å². The van der Waals surface area contributed by atoms with Gasteiger partial charge in [0.2, 0.25) is 10.0 Å². The number of rotatable bonds is 8. The molecule has 0 aliphatic rings. The first-order valence-electron chi connectivity index (χ1n) is 9.21. The lowest BCUT2D eigenvalue weighted by Gasteiger charge is -2.07. The lowest BCUT2D eigenvalue weighted by molar-refractivity contribution is -0.121. The molecule has 0 spiro atoms. The highest BCUT2D eigenvalue weighted by atomic mass is 32.2. The van der Waals surface area contributed by atoms with Crippen molar-refractivity contribution in [2.45, 2.75) is 38.8 Å². The zero-order valence-corrected chi connectivity index (χ0v) is 17.7. The summed E-state index contributed by atoms with van der Waals surface area (Å²) in [6.45, 7) is 5.59. The highest BCUT2D eigenvalue weighted by molar-refractivity contribution is 7.89. The lowest BCUT2D eigenvalue weighted by atomic mass is 10.1. The number of nitrogens with one attached hydrogen (secondary N) is 2. The van der Waals surface area contributed by atoms with Crippen LogP contribution >= 0.6 is 0 Å². The van der Waals surface area contributed by atoms with E-state index < -0.39 is 10.0 Å². The van der Waals surface area contributed by atoms with E-state index in [4.69, 9.17) is 4.42 Å². The largest absolute Gasteiger partial charge is 0.468 e. The maximum Gasteiger partial charge on any atom is 0.261 e. The Hall–Kier alpha value is -3.24. The SMILES string of the molecule is C/C(=N\NC(=O)Cn1nc(C)cc1C)c1ccc(S(=O)(=O)NCc2ccco2)cc1. The van der Waals surface area contributed by atoms with E-state index in [0.29, 0.717) is 17.0 Å². The third kappa shape index (κ3) is 5.43. The van der Waals surface area contributed by atoms with Crippen molar-refractivity contribution in [1.82, 2.24) is 19.9 Å². The van der Waals surface area contributed by atoms with Crippen LogP contribution in [0.2, 0.25) is 0 Å². The van der Waals surface area contributed by atoms with Gasteiger partial charge < -0.3 is 4.42 Å². The van der Waals surface area contributed by atoms with Gasteiger partial charge in [0.15, 0.2) is 0 Å². The van der Waals surface area contributed by atoms with Crippen molar-refractivity contribution in [2.24, 2.45) is 5.10 Å². The summed E-state index contributed by atoms with van der Waals surface area (Å²) in [6.07, 6.45) is 1.48. The minimum Gasteiger partial charge on any atom is -0.468 e. The van der Waals surface area contributed by atoms with Gasteiger partial charge in [-0.25, -0.2) is 18.6 Å². The summed E-state index contributed by atoms with van der Waals surface area (Å²) in [4.78, 5) is 12.2. The van der Waals surface area contributed by atoms with Crippen LogP contribution in [0.15, 0.2) is 63.1 Å². The molecule has 0 aliphatic carbocycles. The van der Waals surface area contributed by atoms with Crippen LogP contribution < -0.4 is 10.1 Å². The van der Waals surface area contributed by atoms with Gasteiger partial charge in [-0.15, -0.1) is 0 Å². The molecular formula is C20H23N5O4S. The van der Waals surface area contributed by atoms with Crippen LogP contribution in [-0.4, -0.2) is 29.8 Å². The third-order valence-electron chi connectivity index (χ3n) is 4.34. The van der Waals surface area contributed by atoms with Gasteiger partial charge >= 0.3 is 0 Å². The van der Waals surface area contributed by atoms with E-state index in [0.717, 1.165) is 11.4 Å². The number of nitrogens with zero attached hydrogens (tertiary/aromatic N) is 3. The minimum absolute atomic E-state index is 0.0645. The number of hydrazone groups is 1. The number of amides is 1. The smallest absolute Gasteiger partial charge is 0.261 e. The van der Waals surface area contributed by atoms with E-state index >= 15 is 0 Å². The lowest BCUT2D eigenvalue weighted by Crippen LogP contribution is -2.25. The number of benzene rings is 1. The summed E-state index contributed by atoms with van der Waals surface area (Å²) >= 11 is 0.